The van der Waals surface area contributed by atoms with Crippen LogP contribution in [-0.4, -0.2) is 35.6 Å². The average molecular weight is 394 g/mol. The Bertz CT molecular complexity index is 820. The van der Waals surface area contributed by atoms with Gasteiger partial charge < -0.3 is 14.7 Å². The second-order valence-electron chi connectivity index (χ2n) is 9.35. The number of hydrogen-bond acceptors (Lipinski definition) is 3. The molecular formula is C25H31NO3. The first-order valence-corrected chi connectivity index (χ1v) is 10.7. The van der Waals surface area contributed by atoms with E-state index in [-0.39, 0.29) is 11.8 Å². The molecule has 2 aliphatic heterocycles. The van der Waals surface area contributed by atoms with Crippen LogP contribution < -0.4 is 4.74 Å². The monoisotopic (exact) mass is 393 g/mol. The van der Waals surface area contributed by atoms with Crippen LogP contribution in [0.4, 0.5) is 0 Å². The summed E-state index contributed by atoms with van der Waals surface area (Å²) in [6.45, 7) is 7.63. The lowest BCUT2D eigenvalue weighted by atomic mass is 9.74. The Hall–Kier alpha value is -2.33. The number of benzene rings is 2. The lowest BCUT2D eigenvalue weighted by molar-refractivity contribution is -0.139. The van der Waals surface area contributed by atoms with Crippen LogP contribution in [0, 0.1) is 11.3 Å². The molecule has 2 heterocycles. The summed E-state index contributed by atoms with van der Waals surface area (Å²) in [5, 5.41) is 9.17. The van der Waals surface area contributed by atoms with Gasteiger partial charge in [0.05, 0.1) is 6.42 Å². The van der Waals surface area contributed by atoms with Gasteiger partial charge in [-0.15, -0.1) is 0 Å². The smallest absolute Gasteiger partial charge is 0.303 e. The van der Waals surface area contributed by atoms with E-state index < -0.39 is 5.97 Å². The van der Waals surface area contributed by atoms with Gasteiger partial charge in [-0.2, -0.15) is 0 Å². The number of aliphatic carboxylic acids is 1. The summed E-state index contributed by atoms with van der Waals surface area (Å²) in [5.74, 6) is 1.23. The zero-order valence-corrected chi connectivity index (χ0v) is 17.4. The number of likely N-dealkylation sites (tertiary alicyclic amines) is 1. The molecule has 0 amide bonds. The van der Waals surface area contributed by atoms with Crippen LogP contribution in [0.2, 0.25) is 0 Å². The van der Waals surface area contributed by atoms with Crippen LogP contribution in [-0.2, 0) is 11.4 Å². The van der Waals surface area contributed by atoms with E-state index in [1.54, 1.807) is 0 Å². The normalized spacial score (nSPS) is 20.3. The molecule has 0 saturated carbocycles. The van der Waals surface area contributed by atoms with Crippen molar-refractivity contribution in [3.8, 4) is 5.75 Å². The Kier molecular flexibility index (Phi) is 5.64. The van der Waals surface area contributed by atoms with E-state index in [4.69, 9.17) is 4.74 Å². The van der Waals surface area contributed by atoms with Crippen LogP contribution in [0.3, 0.4) is 0 Å². The van der Waals surface area contributed by atoms with Gasteiger partial charge in [0.15, 0.2) is 0 Å². The fourth-order valence-corrected chi connectivity index (χ4v) is 5.18. The molecule has 0 radical (unpaired) electrons. The number of piperidine rings is 1. The summed E-state index contributed by atoms with van der Waals surface area (Å²) in [5.41, 5.74) is 3.80. The fourth-order valence-electron chi connectivity index (χ4n) is 5.18. The second-order valence-corrected chi connectivity index (χ2v) is 9.35. The number of nitrogens with zero attached hydrogens (tertiary/aromatic N) is 1. The average Bonchev–Trinajstić information content (AvgIpc) is 2.84. The van der Waals surface area contributed by atoms with Gasteiger partial charge in [-0.25, -0.2) is 0 Å². The van der Waals surface area contributed by atoms with Crippen molar-refractivity contribution in [2.24, 2.45) is 11.3 Å². The van der Waals surface area contributed by atoms with Gasteiger partial charge in [-0.05, 0) is 54.5 Å². The van der Waals surface area contributed by atoms with Gasteiger partial charge >= 0.3 is 5.97 Å². The number of para-hydroxylation sites is 1. The van der Waals surface area contributed by atoms with Gasteiger partial charge in [-0.3, -0.25) is 4.79 Å². The molecule has 1 saturated heterocycles. The van der Waals surface area contributed by atoms with E-state index in [0.29, 0.717) is 18.4 Å². The van der Waals surface area contributed by atoms with Crippen molar-refractivity contribution in [1.82, 2.24) is 4.90 Å². The van der Waals surface area contributed by atoms with Gasteiger partial charge in [0.2, 0.25) is 0 Å². The summed E-state index contributed by atoms with van der Waals surface area (Å²) in [6, 6.07) is 17.2. The van der Waals surface area contributed by atoms with Crippen molar-refractivity contribution in [3.63, 3.8) is 0 Å². The first-order chi connectivity index (χ1) is 13.9. The lowest BCUT2D eigenvalue weighted by Crippen LogP contribution is -2.41. The first kappa shape index (κ1) is 20.0. The molecule has 4 rings (SSSR count). The van der Waals surface area contributed by atoms with Crippen molar-refractivity contribution >= 4 is 5.97 Å². The summed E-state index contributed by atoms with van der Waals surface area (Å²) < 4.78 is 6.15. The Labute approximate surface area is 173 Å². The highest BCUT2D eigenvalue weighted by molar-refractivity contribution is 5.67. The molecule has 2 aliphatic rings. The molecule has 0 aromatic heterocycles. The summed E-state index contributed by atoms with van der Waals surface area (Å²) in [6.07, 6.45) is 2.46. The minimum Gasteiger partial charge on any atom is -0.489 e. The highest BCUT2D eigenvalue weighted by atomic mass is 16.5. The van der Waals surface area contributed by atoms with Crippen molar-refractivity contribution in [2.75, 3.05) is 19.6 Å². The van der Waals surface area contributed by atoms with Crippen LogP contribution in [0.15, 0.2) is 48.5 Å². The van der Waals surface area contributed by atoms with Crippen molar-refractivity contribution in [3.05, 3.63) is 65.2 Å². The molecule has 154 valence electrons. The Morgan fingerprint density at radius 2 is 1.72 bits per heavy atom. The maximum atomic E-state index is 11.2. The molecule has 2 aromatic rings. The molecule has 1 atom stereocenters. The fraction of sp³-hybridized carbons (Fsp3) is 0.480. The number of hydrogen-bond donors (Lipinski definition) is 1. The first-order valence-electron chi connectivity index (χ1n) is 10.7. The maximum absolute atomic E-state index is 11.2. The minimum atomic E-state index is -0.712. The number of rotatable bonds is 5. The molecule has 1 unspecified atom stereocenters. The highest BCUT2D eigenvalue weighted by Crippen LogP contribution is 2.45. The predicted molar refractivity (Wildman–Crippen MR) is 114 cm³/mol. The van der Waals surface area contributed by atoms with Gasteiger partial charge in [0, 0.05) is 18.0 Å². The largest absolute Gasteiger partial charge is 0.489 e. The molecule has 0 spiro atoms. The number of carboxylic acids is 1. The molecule has 1 fully saturated rings. The van der Waals surface area contributed by atoms with E-state index in [2.05, 4.69) is 67.3 Å². The van der Waals surface area contributed by atoms with Crippen molar-refractivity contribution < 1.29 is 14.6 Å². The Morgan fingerprint density at radius 1 is 1.07 bits per heavy atom. The minimum absolute atomic E-state index is 0.200. The van der Waals surface area contributed by atoms with Gasteiger partial charge in [0.1, 0.15) is 12.4 Å². The Morgan fingerprint density at radius 3 is 2.45 bits per heavy atom. The van der Waals surface area contributed by atoms with Crippen molar-refractivity contribution in [2.45, 2.75) is 45.6 Å². The zero-order valence-electron chi connectivity index (χ0n) is 17.4. The maximum Gasteiger partial charge on any atom is 0.303 e. The summed E-state index contributed by atoms with van der Waals surface area (Å²) in [4.78, 5) is 13.6. The molecular weight excluding hydrogens is 362 g/mol. The quantitative estimate of drug-likeness (QED) is 0.783. The number of ether oxygens (including phenoxy) is 1. The molecule has 4 heteroatoms. The number of fused-ring (bicyclic) bond motifs is 2. The lowest BCUT2D eigenvalue weighted by Gasteiger charge is -2.39. The summed E-state index contributed by atoms with van der Waals surface area (Å²) >= 11 is 0. The number of carbonyl (C=O) groups is 1. The van der Waals surface area contributed by atoms with E-state index >= 15 is 0 Å². The van der Waals surface area contributed by atoms with E-state index in [0.717, 1.165) is 38.2 Å². The molecule has 0 bridgehead atoms. The zero-order chi connectivity index (χ0) is 20.4. The Balaban J connectivity index is 1.53. The molecule has 4 nitrogen and oxygen atoms in total. The van der Waals surface area contributed by atoms with Crippen LogP contribution >= 0.6 is 0 Å². The molecule has 0 aliphatic carbocycles. The van der Waals surface area contributed by atoms with E-state index in [9.17, 15) is 9.90 Å². The van der Waals surface area contributed by atoms with Gasteiger partial charge in [0.25, 0.3) is 0 Å². The molecule has 1 N–H and O–H groups in total. The highest BCUT2D eigenvalue weighted by Gasteiger charge is 2.34. The predicted octanol–water partition coefficient (Wildman–Crippen LogP) is 4.92. The number of carboxylic acid groups (broad SMARTS) is 1. The van der Waals surface area contributed by atoms with Gasteiger partial charge in [-0.1, -0.05) is 56.3 Å². The third-order valence-corrected chi connectivity index (χ3v) is 6.41. The summed E-state index contributed by atoms with van der Waals surface area (Å²) in [7, 11) is 0. The molecule has 29 heavy (non-hydrogen) atoms. The third kappa shape index (κ3) is 4.48. The van der Waals surface area contributed by atoms with Crippen LogP contribution in [0.1, 0.15) is 55.7 Å². The third-order valence-electron chi connectivity index (χ3n) is 6.41. The van der Waals surface area contributed by atoms with Crippen molar-refractivity contribution in [1.29, 1.82) is 0 Å². The second kappa shape index (κ2) is 8.19. The van der Waals surface area contributed by atoms with Crippen LogP contribution in [0.5, 0.6) is 5.75 Å². The van der Waals surface area contributed by atoms with Crippen LogP contribution in [0.25, 0.3) is 0 Å². The topological polar surface area (TPSA) is 49.8 Å². The standard InChI is InChI=1S/C25H31NO3/c1-25(2,15-23(27)28)17-26-13-11-18(12-14-26)24-20-8-4-3-7-19(20)16-29-22-10-6-5-9-21(22)24/h3-10,18,24H,11-17H2,1-2H3,(H,27,28). The SMILES string of the molecule is CC(C)(CC(=O)O)CN1CCC(C2c3ccccc3COc3ccccc32)CC1. The van der Waals surface area contributed by atoms with E-state index in [1.807, 2.05) is 0 Å². The molecule has 2 aromatic carbocycles. The van der Waals surface area contributed by atoms with E-state index in [1.165, 1.54) is 16.7 Å².